The molecule has 0 spiro atoms. The summed E-state index contributed by atoms with van der Waals surface area (Å²) >= 11 is 0. The first kappa shape index (κ1) is 15.3. The van der Waals surface area contributed by atoms with Crippen LogP contribution in [0.25, 0.3) is 10.9 Å². The van der Waals surface area contributed by atoms with Crippen molar-refractivity contribution in [3.63, 3.8) is 0 Å². The Morgan fingerprint density at radius 3 is 2.78 bits per heavy atom. The molecule has 2 aromatic carbocycles. The molecule has 0 saturated carbocycles. The molecule has 1 heterocycles. The van der Waals surface area contributed by atoms with Gasteiger partial charge in [0.1, 0.15) is 5.75 Å². The van der Waals surface area contributed by atoms with E-state index in [9.17, 15) is 4.79 Å². The van der Waals surface area contributed by atoms with Crippen molar-refractivity contribution in [2.75, 3.05) is 20.2 Å². The summed E-state index contributed by atoms with van der Waals surface area (Å²) in [7, 11) is 1.67. The summed E-state index contributed by atoms with van der Waals surface area (Å²) in [6.45, 7) is 1.06. The molecule has 0 aliphatic heterocycles. The van der Waals surface area contributed by atoms with Gasteiger partial charge in [0.25, 0.3) is 0 Å². The molecule has 0 fully saturated rings. The Balaban J connectivity index is 1.55. The fraction of sp³-hybridized carbons (Fsp3) is 0.211. The number of carbonyl (C=O) groups is 1. The molecule has 4 nitrogen and oxygen atoms in total. The molecule has 0 atom stereocenters. The molecule has 1 aromatic heterocycles. The second-order valence-corrected chi connectivity index (χ2v) is 5.41. The zero-order valence-electron chi connectivity index (χ0n) is 13.1. The van der Waals surface area contributed by atoms with Crippen molar-refractivity contribution in [2.45, 2.75) is 6.42 Å². The summed E-state index contributed by atoms with van der Waals surface area (Å²) in [5.74, 6) is 0.986. The number of aromatic amines is 1. The topological polar surface area (TPSA) is 54.1 Å². The average molecular weight is 308 g/mol. The fourth-order valence-corrected chi connectivity index (χ4v) is 2.73. The molecular formula is C19H20N2O2. The Bertz CT molecular complexity index is 808. The molecule has 0 radical (unpaired) electrons. The third-order valence-corrected chi connectivity index (χ3v) is 3.94. The number of H-pyrrole nitrogens is 1. The molecule has 4 heteroatoms. The maximum Gasteiger partial charge on any atom is 0.178 e. The molecule has 3 rings (SSSR count). The van der Waals surface area contributed by atoms with Crippen molar-refractivity contribution in [2.24, 2.45) is 0 Å². The third-order valence-electron chi connectivity index (χ3n) is 3.94. The van der Waals surface area contributed by atoms with E-state index in [1.54, 1.807) is 13.3 Å². The van der Waals surface area contributed by atoms with Gasteiger partial charge in [-0.2, -0.15) is 0 Å². The van der Waals surface area contributed by atoms with Crippen LogP contribution in [0, 0.1) is 0 Å². The van der Waals surface area contributed by atoms with Crippen molar-refractivity contribution >= 4 is 16.7 Å². The van der Waals surface area contributed by atoms with E-state index in [0.29, 0.717) is 6.54 Å². The minimum atomic E-state index is 0.0995. The Hall–Kier alpha value is -2.59. The first-order valence-corrected chi connectivity index (χ1v) is 7.71. The van der Waals surface area contributed by atoms with Gasteiger partial charge in [0.2, 0.25) is 0 Å². The van der Waals surface area contributed by atoms with Gasteiger partial charge in [-0.3, -0.25) is 4.79 Å². The lowest BCUT2D eigenvalue weighted by molar-refractivity contribution is 0.0993. The van der Waals surface area contributed by atoms with Gasteiger partial charge in [-0.1, -0.05) is 36.4 Å². The van der Waals surface area contributed by atoms with E-state index in [1.165, 1.54) is 0 Å². The van der Waals surface area contributed by atoms with Crippen molar-refractivity contribution in [3.05, 3.63) is 65.9 Å². The largest absolute Gasteiger partial charge is 0.496 e. The van der Waals surface area contributed by atoms with Crippen LogP contribution in [-0.2, 0) is 6.42 Å². The second kappa shape index (κ2) is 7.11. The van der Waals surface area contributed by atoms with Gasteiger partial charge in [-0.05, 0) is 30.7 Å². The highest BCUT2D eigenvalue weighted by Gasteiger charge is 2.11. The number of para-hydroxylation sites is 2. The first-order chi connectivity index (χ1) is 11.3. The van der Waals surface area contributed by atoms with Crippen LogP contribution in [-0.4, -0.2) is 31.0 Å². The van der Waals surface area contributed by atoms with Gasteiger partial charge in [-0.25, -0.2) is 0 Å². The molecular weight excluding hydrogens is 288 g/mol. The maximum atomic E-state index is 12.3. The number of Topliss-reactive ketones (excluding diaryl/α,β-unsaturated/α-hetero) is 1. The van der Waals surface area contributed by atoms with E-state index >= 15 is 0 Å². The minimum absolute atomic E-state index is 0.0995. The fourth-order valence-electron chi connectivity index (χ4n) is 2.73. The van der Waals surface area contributed by atoms with Crippen molar-refractivity contribution in [1.82, 2.24) is 10.3 Å². The number of nitrogens with one attached hydrogen (secondary N) is 2. The number of fused-ring (bicyclic) bond motifs is 1. The van der Waals surface area contributed by atoms with Gasteiger partial charge in [0.15, 0.2) is 5.78 Å². The highest BCUT2D eigenvalue weighted by Crippen LogP contribution is 2.18. The Morgan fingerprint density at radius 1 is 1.13 bits per heavy atom. The van der Waals surface area contributed by atoms with Crippen molar-refractivity contribution in [3.8, 4) is 5.75 Å². The lowest BCUT2D eigenvalue weighted by Crippen LogP contribution is -2.25. The summed E-state index contributed by atoms with van der Waals surface area (Å²) in [5, 5.41) is 4.19. The Labute approximate surface area is 135 Å². The number of methoxy groups -OCH3 is 1. The first-order valence-electron chi connectivity index (χ1n) is 7.71. The van der Waals surface area contributed by atoms with Crippen molar-refractivity contribution in [1.29, 1.82) is 0 Å². The minimum Gasteiger partial charge on any atom is -0.496 e. The lowest BCUT2D eigenvalue weighted by Gasteiger charge is -2.08. The van der Waals surface area contributed by atoms with Gasteiger partial charge >= 0.3 is 0 Å². The quantitative estimate of drug-likeness (QED) is 0.520. The zero-order valence-corrected chi connectivity index (χ0v) is 13.1. The predicted octanol–water partition coefficient (Wildman–Crippen LogP) is 3.19. The molecule has 0 amide bonds. The SMILES string of the molecule is COc1ccccc1CCNCC(=O)c1c[nH]c2ccccc12. The average Bonchev–Trinajstić information content (AvgIpc) is 3.03. The number of benzene rings is 2. The molecule has 2 N–H and O–H groups in total. The number of rotatable bonds is 7. The van der Waals surface area contributed by atoms with Gasteiger partial charge in [0, 0.05) is 22.7 Å². The predicted molar refractivity (Wildman–Crippen MR) is 92.2 cm³/mol. The van der Waals surface area contributed by atoms with Gasteiger partial charge < -0.3 is 15.0 Å². The Morgan fingerprint density at radius 2 is 1.91 bits per heavy atom. The Kier molecular flexibility index (Phi) is 4.74. The summed E-state index contributed by atoms with van der Waals surface area (Å²) in [5.41, 5.74) is 2.87. The highest BCUT2D eigenvalue weighted by molar-refractivity contribution is 6.08. The molecule has 0 aliphatic carbocycles. The standard InChI is InChI=1S/C19H20N2O2/c1-23-19-9-5-2-6-14(19)10-11-20-13-18(22)16-12-21-17-8-4-3-7-15(16)17/h2-9,12,20-21H,10-11,13H2,1H3. The third kappa shape index (κ3) is 3.43. The smallest absolute Gasteiger partial charge is 0.178 e. The molecule has 0 unspecified atom stereocenters. The maximum absolute atomic E-state index is 12.3. The van der Waals surface area contributed by atoms with Gasteiger partial charge in [-0.15, -0.1) is 0 Å². The summed E-state index contributed by atoms with van der Waals surface area (Å²) < 4.78 is 5.33. The van der Waals surface area contributed by atoms with E-state index in [2.05, 4.69) is 10.3 Å². The van der Waals surface area contributed by atoms with Crippen LogP contribution < -0.4 is 10.1 Å². The van der Waals surface area contributed by atoms with Crippen LogP contribution in [0.4, 0.5) is 0 Å². The number of hydrogen-bond acceptors (Lipinski definition) is 3. The second-order valence-electron chi connectivity index (χ2n) is 5.41. The molecule has 23 heavy (non-hydrogen) atoms. The van der Waals surface area contributed by atoms with Crippen LogP contribution in [0.15, 0.2) is 54.7 Å². The van der Waals surface area contributed by atoms with Crippen LogP contribution >= 0.6 is 0 Å². The summed E-state index contributed by atoms with van der Waals surface area (Å²) in [4.78, 5) is 15.5. The summed E-state index contributed by atoms with van der Waals surface area (Å²) in [6.07, 6.45) is 2.61. The van der Waals surface area contributed by atoms with E-state index in [4.69, 9.17) is 4.74 Å². The molecule has 118 valence electrons. The number of carbonyl (C=O) groups excluding carboxylic acids is 1. The molecule has 3 aromatic rings. The van der Waals surface area contributed by atoms with Crippen LogP contribution in [0.3, 0.4) is 0 Å². The van der Waals surface area contributed by atoms with Crippen LogP contribution in [0.5, 0.6) is 5.75 Å². The van der Waals surface area contributed by atoms with Gasteiger partial charge in [0.05, 0.1) is 13.7 Å². The number of aromatic nitrogens is 1. The van der Waals surface area contributed by atoms with E-state index in [1.807, 2.05) is 48.5 Å². The lowest BCUT2D eigenvalue weighted by atomic mass is 10.1. The highest BCUT2D eigenvalue weighted by atomic mass is 16.5. The van der Waals surface area contributed by atoms with Crippen LogP contribution in [0.1, 0.15) is 15.9 Å². The monoisotopic (exact) mass is 308 g/mol. The number of hydrogen-bond donors (Lipinski definition) is 2. The number of ketones is 1. The zero-order chi connectivity index (χ0) is 16.1. The molecule has 0 aliphatic rings. The normalized spacial score (nSPS) is 10.8. The van der Waals surface area contributed by atoms with Crippen molar-refractivity contribution < 1.29 is 9.53 Å². The molecule has 0 saturated heterocycles. The van der Waals surface area contributed by atoms with Crippen LogP contribution in [0.2, 0.25) is 0 Å². The van der Waals surface area contributed by atoms with E-state index < -0.39 is 0 Å². The van der Waals surface area contributed by atoms with E-state index in [0.717, 1.165) is 40.7 Å². The number of ether oxygens (including phenoxy) is 1. The summed E-state index contributed by atoms with van der Waals surface area (Å²) in [6, 6.07) is 15.8. The molecule has 0 bridgehead atoms. The van der Waals surface area contributed by atoms with E-state index in [-0.39, 0.29) is 5.78 Å².